The summed E-state index contributed by atoms with van der Waals surface area (Å²) in [6.45, 7) is 1.59. The standard InChI is InChI=1S/C11H14N6OS.ClH/c18-9(15-10-16-13-8-19-10)11(2-5-12-6-3-11)17-7-1-4-14-17;/h1,4,7-8,12H,2-3,5-6H2,(H,15,16,18);1H. The molecule has 1 fully saturated rings. The van der Waals surface area contributed by atoms with E-state index in [2.05, 4.69) is 25.9 Å². The predicted molar refractivity (Wildman–Crippen MR) is 78.1 cm³/mol. The number of hydrogen-bond acceptors (Lipinski definition) is 6. The minimum absolute atomic E-state index is 0. The van der Waals surface area contributed by atoms with Gasteiger partial charge < -0.3 is 5.32 Å². The third kappa shape index (κ3) is 2.67. The molecule has 7 nitrogen and oxygen atoms in total. The lowest BCUT2D eigenvalue weighted by Gasteiger charge is -2.36. The summed E-state index contributed by atoms with van der Waals surface area (Å²) in [4.78, 5) is 12.6. The van der Waals surface area contributed by atoms with Crippen molar-refractivity contribution in [1.29, 1.82) is 0 Å². The van der Waals surface area contributed by atoms with Gasteiger partial charge in [-0.3, -0.25) is 14.8 Å². The van der Waals surface area contributed by atoms with Gasteiger partial charge in [0.15, 0.2) is 0 Å². The highest BCUT2D eigenvalue weighted by molar-refractivity contribution is 7.13. The van der Waals surface area contributed by atoms with E-state index in [0.29, 0.717) is 18.0 Å². The van der Waals surface area contributed by atoms with E-state index in [0.717, 1.165) is 13.1 Å². The van der Waals surface area contributed by atoms with Crippen LogP contribution in [0.1, 0.15) is 12.8 Å². The van der Waals surface area contributed by atoms with E-state index in [9.17, 15) is 4.79 Å². The molecule has 20 heavy (non-hydrogen) atoms. The van der Waals surface area contributed by atoms with E-state index in [1.165, 1.54) is 11.3 Å². The molecule has 1 saturated heterocycles. The van der Waals surface area contributed by atoms with E-state index in [1.54, 1.807) is 16.4 Å². The quantitative estimate of drug-likeness (QED) is 0.878. The summed E-state index contributed by atoms with van der Waals surface area (Å²) in [5, 5.41) is 18.5. The summed E-state index contributed by atoms with van der Waals surface area (Å²) >= 11 is 1.31. The van der Waals surface area contributed by atoms with Crippen molar-refractivity contribution in [2.24, 2.45) is 0 Å². The Hall–Kier alpha value is -1.51. The van der Waals surface area contributed by atoms with Crippen LogP contribution in [0, 0.1) is 0 Å². The third-order valence-corrected chi connectivity index (χ3v) is 3.98. The lowest BCUT2D eigenvalue weighted by Crippen LogP contribution is -2.52. The fourth-order valence-corrected chi connectivity index (χ4v) is 2.80. The highest BCUT2D eigenvalue weighted by atomic mass is 35.5. The van der Waals surface area contributed by atoms with Crippen molar-refractivity contribution in [3.05, 3.63) is 24.0 Å². The molecule has 1 aliphatic heterocycles. The van der Waals surface area contributed by atoms with Gasteiger partial charge in [0.05, 0.1) is 0 Å². The first-order valence-corrected chi connectivity index (χ1v) is 6.98. The van der Waals surface area contributed by atoms with E-state index in [-0.39, 0.29) is 18.3 Å². The van der Waals surface area contributed by atoms with E-state index >= 15 is 0 Å². The number of amides is 1. The fourth-order valence-electron chi connectivity index (χ4n) is 2.36. The van der Waals surface area contributed by atoms with E-state index < -0.39 is 5.54 Å². The number of rotatable bonds is 3. The molecule has 0 radical (unpaired) electrons. The number of aromatic nitrogens is 4. The molecular weight excluding hydrogens is 300 g/mol. The van der Waals surface area contributed by atoms with Gasteiger partial charge in [0.1, 0.15) is 11.0 Å². The summed E-state index contributed by atoms with van der Waals surface area (Å²) in [5.41, 5.74) is 0.957. The molecule has 0 aromatic carbocycles. The van der Waals surface area contributed by atoms with Gasteiger partial charge in [-0.05, 0) is 32.0 Å². The molecule has 0 unspecified atom stereocenters. The lowest BCUT2D eigenvalue weighted by atomic mass is 9.87. The third-order valence-electron chi connectivity index (χ3n) is 3.38. The minimum atomic E-state index is -0.638. The number of hydrogen-bond donors (Lipinski definition) is 2. The molecule has 2 aromatic heterocycles. The van der Waals surface area contributed by atoms with Crippen LogP contribution in [0.2, 0.25) is 0 Å². The lowest BCUT2D eigenvalue weighted by molar-refractivity contribution is -0.126. The van der Waals surface area contributed by atoms with Gasteiger partial charge in [0, 0.05) is 12.4 Å². The zero-order valence-electron chi connectivity index (χ0n) is 10.7. The second-order valence-electron chi connectivity index (χ2n) is 4.43. The molecule has 1 aliphatic rings. The van der Waals surface area contributed by atoms with Crippen molar-refractivity contribution >= 4 is 34.8 Å². The van der Waals surface area contributed by atoms with Crippen molar-refractivity contribution in [3.8, 4) is 0 Å². The maximum atomic E-state index is 12.6. The van der Waals surface area contributed by atoms with Crippen LogP contribution in [-0.2, 0) is 10.3 Å². The fraction of sp³-hybridized carbons (Fsp3) is 0.455. The Morgan fingerprint density at radius 3 is 2.85 bits per heavy atom. The zero-order valence-corrected chi connectivity index (χ0v) is 12.3. The number of anilines is 1. The first-order chi connectivity index (χ1) is 9.31. The van der Waals surface area contributed by atoms with E-state index in [4.69, 9.17) is 0 Å². The molecule has 0 bridgehead atoms. The van der Waals surface area contributed by atoms with Crippen molar-refractivity contribution in [2.45, 2.75) is 18.4 Å². The van der Waals surface area contributed by atoms with Crippen LogP contribution in [0.5, 0.6) is 0 Å². The molecular formula is C11H15ClN6OS. The maximum absolute atomic E-state index is 12.6. The van der Waals surface area contributed by atoms with Gasteiger partial charge in [0.25, 0.3) is 5.91 Å². The summed E-state index contributed by atoms with van der Waals surface area (Å²) in [5.74, 6) is -0.0746. The molecule has 0 aliphatic carbocycles. The van der Waals surface area contributed by atoms with Crippen LogP contribution >= 0.6 is 23.7 Å². The monoisotopic (exact) mass is 314 g/mol. The Labute approximate surface area is 126 Å². The van der Waals surface area contributed by atoms with E-state index in [1.807, 2.05) is 12.3 Å². The number of nitrogens with one attached hydrogen (secondary N) is 2. The summed E-state index contributed by atoms with van der Waals surface area (Å²) in [7, 11) is 0. The molecule has 0 spiro atoms. The van der Waals surface area contributed by atoms with Crippen LogP contribution in [0.3, 0.4) is 0 Å². The Kier molecular flexibility index (Phi) is 4.69. The van der Waals surface area contributed by atoms with Crippen LogP contribution in [-0.4, -0.2) is 39.0 Å². The minimum Gasteiger partial charge on any atom is -0.317 e. The molecule has 3 heterocycles. The number of piperidine rings is 1. The molecule has 1 amide bonds. The van der Waals surface area contributed by atoms with Crippen LogP contribution in [0.25, 0.3) is 0 Å². The van der Waals surface area contributed by atoms with Gasteiger partial charge >= 0.3 is 0 Å². The smallest absolute Gasteiger partial charge is 0.254 e. The summed E-state index contributed by atoms with van der Waals surface area (Å²) in [6, 6.07) is 1.84. The second kappa shape index (κ2) is 6.29. The van der Waals surface area contributed by atoms with Gasteiger partial charge in [-0.25, -0.2) is 0 Å². The van der Waals surface area contributed by atoms with Crippen LogP contribution < -0.4 is 10.6 Å². The van der Waals surface area contributed by atoms with Gasteiger partial charge in [0.2, 0.25) is 5.13 Å². The first-order valence-electron chi connectivity index (χ1n) is 6.10. The molecule has 9 heteroatoms. The Morgan fingerprint density at radius 1 is 1.45 bits per heavy atom. The number of carbonyl (C=O) groups excluding carboxylic acids is 1. The number of halogens is 1. The van der Waals surface area contributed by atoms with Gasteiger partial charge in [-0.2, -0.15) is 5.10 Å². The second-order valence-corrected chi connectivity index (χ2v) is 5.26. The highest BCUT2D eigenvalue weighted by Crippen LogP contribution is 2.28. The van der Waals surface area contributed by atoms with Crippen LogP contribution in [0.15, 0.2) is 24.0 Å². The zero-order chi connectivity index (χ0) is 13.1. The van der Waals surface area contributed by atoms with Crippen LogP contribution in [0.4, 0.5) is 5.13 Å². The van der Waals surface area contributed by atoms with Crippen molar-refractivity contribution in [2.75, 3.05) is 18.4 Å². The number of nitrogens with zero attached hydrogens (tertiary/aromatic N) is 4. The largest absolute Gasteiger partial charge is 0.317 e. The molecule has 0 atom stereocenters. The molecule has 3 rings (SSSR count). The Balaban J connectivity index is 0.00000147. The average Bonchev–Trinajstić information content (AvgIpc) is 3.12. The van der Waals surface area contributed by atoms with Gasteiger partial charge in [-0.15, -0.1) is 22.6 Å². The van der Waals surface area contributed by atoms with Crippen molar-refractivity contribution in [1.82, 2.24) is 25.3 Å². The first kappa shape index (κ1) is 14.9. The van der Waals surface area contributed by atoms with Crippen molar-refractivity contribution in [3.63, 3.8) is 0 Å². The topological polar surface area (TPSA) is 84.7 Å². The molecule has 108 valence electrons. The van der Waals surface area contributed by atoms with Crippen molar-refractivity contribution < 1.29 is 4.79 Å². The Bertz CT molecular complexity index is 537. The average molecular weight is 315 g/mol. The molecule has 0 saturated carbocycles. The molecule has 2 N–H and O–H groups in total. The SMILES string of the molecule is Cl.O=C(Nc1nncs1)C1(n2cccn2)CCNCC1. The number of carbonyl (C=O) groups is 1. The normalized spacial score (nSPS) is 17.2. The maximum Gasteiger partial charge on any atom is 0.254 e. The summed E-state index contributed by atoms with van der Waals surface area (Å²) < 4.78 is 1.75. The predicted octanol–water partition coefficient (Wildman–Crippen LogP) is 0.874. The summed E-state index contributed by atoms with van der Waals surface area (Å²) in [6.07, 6.45) is 4.95. The molecule has 2 aromatic rings. The highest BCUT2D eigenvalue weighted by Gasteiger charge is 2.42. The van der Waals surface area contributed by atoms with Gasteiger partial charge in [-0.1, -0.05) is 11.3 Å². The Morgan fingerprint density at radius 2 is 2.25 bits per heavy atom.